The lowest BCUT2D eigenvalue weighted by molar-refractivity contribution is 0.176. The molecule has 0 amide bonds. The predicted octanol–water partition coefficient (Wildman–Crippen LogP) is 4.89. The SMILES string of the molecule is CNC(c1sccc1Br)C(C)Oc1cccc(Cl)c1. The molecule has 1 aromatic carbocycles. The number of halogens is 2. The van der Waals surface area contributed by atoms with E-state index in [4.69, 9.17) is 16.3 Å². The van der Waals surface area contributed by atoms with Crippen molar-refractivity contribution in [2.45, 2.75) is 19.1 Å². The molecule has 102 valence electrons. The normalized spacial score (nSPS) is 14.1. The van der Waals surface area contributed by atoms with Crippen molar-refractivity contribution in [1.82, 2.24) is 5.32 Å². The standard InChI is InChI=1S/C14H15BrClNOS/c1-9(18-11-5-3-4-10(16)8-11)13(17-2)14-12(15)6-7-19-14/h3-9,13,17H,1-2H3. The molecule has 0 aliphatic rings. The van der Waals surface area contributed by atoms with Crippen LogP contribution in [-0.4, -0.2) is 13.2 Å². The van der Waals surface area contributed by atoms with E-state index in [0.29, 0.717) is 5.02 Å². The molecule has 19 heavy (non-hydrogen) atoms. The van der Waals surface area contributed by atoms with Gasteiger partial charge < -0.3 is 10.1 Å². The largest absolute Gasteiger partial charge is 0.489 e. The second kappa shape index (κ2) is 6.75. The van der Waals surface area contributed by atoms with E-state index in [9.17, 15) is 0 Å². The molecule has 2 unspecified atom stereocenters. The number of ether oxygens (including phenoxy) is 1. The smallest absolute Gasteiger partial charge is 0.121 e. The first kappa shape index (κ1) is 14.9. The highest BCUT2D eigenvalue weighted by Crippen LogP contribution is 2.32. The summed E-state index contributed by atoms with van der Waals surface area (Å²) in [6, 6.07) is 9.65. The average molecular weight is 361 g/mol. The van der Waals surface area contributed by atoms with E-state index in [-0.39, 0.29) is 12.1 Å². The molecule has 5 heteroatoms. The lowest BCUT2D eigenvalue weighted by Gasteiger charge is -2.24. The van der Waals surface area contributed by atoms with Gasteiger partial charge in [-0.15, -0.1) is 11.3 Å². The van der Waals surface area contributed by atoms with Crippen LogP contribution in [-0.2, 0) is 0 Å². The van der Waals surface area contributed by atoms with Crippen LogP contribution in [0, 0.1) is 0 Å². The first-order chi connectivity index (χ1) is 9.11. The third-order valence-corrected chi connectivity index (χ3v) is 5.01. The molecule has 0 aliphatic carbocycles. The number of nitrogens with one attached hydrogen (secondary N) is 1. The first-order valence-electron chi connectivity index (χ1n) is 5.94. The number of rotatable bonds is 5. The van der Waals surface area contributed by atoms with E-state index < -0.39 is 0 Å². The Morgan fingerprint density at radius 3 is 2.74 bits per heavy atom. The maximum Gasteiger partial charge on any atom is 0.121 e. The van der Waals surface area contributed by atoms with Crippen LogP contribution >= 0.6 is 38.9 Å². The second-order valence-corrected chi connectivity index (χ2v) is 6.42. The van der Waals surface area contributed by atoms with Crippen LogP contribution in [0.2, 0.25) is 5.02 Å². The fraction of sp³-hybridized carbons (Fsp3) is 0.286. The summed E-state index contributed by atoms with van der Waals surface area (Å²) in [7, 11) is 1.94. The maximum absolute atomic E-state index is 5.97. The van der Waals surface area contributed by atoms with E-state index in [1.54, 1.807) is 11.3 Å². The zero-order valence-corrected chi connectivity index (χ0v) is 13.8. The molecular weight excluding hydrogens is 346 g/mol. The zero-order chi connectivity index (χ0) is 13.8. The van der Waals surface area contributed by atoms with Crippen molar-refractivity contribution < 1.29 is 4.74 Å². The molecule has 0 bridgehead atoms. The van der Waals surface area contributed by atoms with E-state index in [1.165, 1.54) is 4.88 Å². The van der Waals surface area contributed by atoms with Crippen molar-refractivity contribution in [3.8, 4) is 5.75 Å². The summed E-state index contributed by atoms with van der Waals surface area (Å²) < 4.78 is 7.08. The zero-order valence-electron chi connectivity index (χ0n) is 10.7. The summed E-state index contributed by atoms with van der Waals surface area (Å²) in [4.78, 5) is 1.23. The van der Waals surface area contributed by atoms with Crippen LogP contribution in [0.3, 0.4) is 0 Å². The Labute approximate surface area is 130 Å². The van der Waals surface area contributed by atoms with E-state index >= 15 is 0 Å². The maximum atomic E-state index is 5.97. The highest BCUT2D eigenvalue weighted by Gasteiger charge is 2.22. The fourth-order valence-corrected chi connectivity index (χ4v) is 3.93. The minimum atomic E-state index is -0.00147. The van der Waals surface area contributed by atoms with Crippen molar-refractivity contribution in [2.24, 2.45) is 0 Å². The number of hydrogen-bond donors (Lipinski definition) is 1. The van der Waals surface area contributed by atoms with Gasteiger partial charge in [0.05, 0.1) is 6.04 Å². The second-order valence-electron chi connectivity index (χ2n) is 4.18. The van der Waals surface area contributed by atoms with Crippen molar-refractivity contribution in [3.63, 3.8) is 0 Å². The van der Waals surface area contributed by atoms with E-state index in [0.717, 1.165) is 10.2 Å². The van der Waals surface area contributed by atoms with Gasteiger partial charge in [0, 0.05) is 14.4 Å². The summed E-state index contributed by atoms with van der Waals surface area (Å²) in [6.45, 7) is 2.05. The van der Waals surface area contributed by atoms with Crippen LogP contribution in [0.15, 0.2) is 40.2 Å². The number of likely N-dealkylation sites (N-methyl/N-ethyl adjacent to an activating group) is 1. The summed E-state index contributed by atoms with van der Waals surface area (Å²) in [6.07, 6.45) is -0.00147. The summed E-state index contributed by atoms with van der Waals surface area (Å²) >= 11 is 11.2. The van der Waals surface area contributed by atoms with Gasteiger partial charge in [-0.05, 0) is 59.5 Å². The van der Waals surface area contributed by atoms with Crippen molar-refractivity contribution in [2.75, 3.05) is 7.05 Å². The van der Waals surface area contributed by atoms with Crippen LogP contribution < -0.4 is 10.1 Å². The molecule has 0 radical (unpaired) electrons. The summed E-state index contributed by atoms with van der Waals surface area (Å²) in [5.41, 5.74) is 0. The van der Waals surface area contributed by atoms with E-state index in [2.05, 4.69) is 32.7 Å². The molecule has 1 N–H and O–H groups in total. The van der Waals surface area contributed by atoms with Crippen LogP contribution in [0.25, 0.3) is 0 Å². The Morgan fingerprint density at radius 2 is 2.16 bits per heavy atom. The highest BCUT2D eigenvalue weighted by molar-refractivity contribution is 9.10. The van der Waals surface area contributed by atoms with Crippen molar-refractivity contribution >= 4 is 38.9 Å². The van der Waals surface area contributed by atoms with Crippen LogP contribution in [0.4, 0.5) is 0 Å². The van der Waals surface area contributed by atoms with Crippen LogP contribution in [0.1, 0.15) is 17.8 Å². The molecule has 2 atom stereocenters. The van der Waals surface area contributed by atoms with Gasteiger partial charge in [-0.3, -0.25) is 0 Å². The van der Waals surface area contributed by atoms with Crippen molar-refractivity contribution in [1.29, 1.82) is 0 Å². The molecule has 2 rings (SSSR count). The quantitative estimate of drug-likeness (QED) is 0.819. The van der Waals surface area contributed by atoms with Gasteiger partial charge in [-0.2, -0.15) is 0 Å². The Kier molecular flexibility index (Phi) is 5.28. The van der Waals surface area contributed by atoms with Gasteiger partial charge in [-0.25, -0.2) is 0 Å². The lowest BCUT2D eigenvalue weighted by atomic mass is 10.1. The minimum absolute atomic E-state index is 0.00147. The molecule has 0 fully saturated rings. The third kappa shape index (κ3) is 3.72. The topological polar surface area (TPSA) is 21.3 Å². The van der Waals surface area contributed by atoms with Gasteiger partial charge >= 0.3 is 0 Å². The molecule has 1 aromatic heterocycles. The lowest BCUT2D eigenvalue weighted by Crippen LogP contribution is -2.31. The Morgan fingerprint density at radius 1 is 1.37 bits per heavy atom. The van der Waals surface area contributed by atoms with Crippen LogP contribution in [0.5, 0.6) is 5.75 Å². The monoisotopic (exact) mass is 359 g/mol. The van der Waals surface area contributed by atoms with Gasteiger partial charge in [-0.1, -0.05) is 17.7 Å². The predicted molar refractivity (Wildman–Crippen MR) is 85.4 cm³/mol. The third-order valence-electron chi connectivity index (χ3n) is 2.83. The Hall–Kier alpha value is -0.550. The summed E-state index contributed by atoms with van der Waals surface area (Å²) in [5.74, 6) is 0.785. The molecular formula is C14H15BrClNOS. The van der Waals surface area contributed by atoms with Gasteiger partial charge in [0.25, 0.3) is 0 Å². The van der Waals surface area contributed by atoms with E-state index in [1.807, 2.05) is 38.2 Å². The minimum Gasteiger partial charge on any atom is -0.489 e. The first-order valence-corrected chi connectivity index (χ1v) is 7.99. The molecule has 1 heterocycles. The Bertz CT molecular complexity index is 546. The number of thiophene rings is 1. The summed E-state index contributed by atoms with van der Waals surface area (Å²) in [5, 5.41) is 6.05. The Balaban J connectivity index is 2.14. The molecule has 0 saturated heterocycles. The number of hydrogen-bond acceptors (Lipinski definition) is 3. The number of benzene rings is 1. The van der Waals surface area contributed by atoms with Gasteiger partial charge in [0.15, 0.2) is 0 Å². The molecule has 0 aliphatic heterocycles. The average Bonchev–Trinajstić information content (AvgIpc) is 2.77. The molecule has 0 spiro atoms. The molecule has 2 aromatic rings. The van der Waals surface area contributed by atoms with Gasteiger partial charge in [0.2, 0.25) is 0 Å². The molecule has 0 saturated carbocycles. The highest BCUT2D eigenvalue weighted by atomic mass is 79.9. The van der Waals surface area contributed by atoms with Crippen molar-refractivity contribution in [3.05, 3.63) is 50.1 Å². The fourth-order valence-electron chi connectivity index (χ4n) is 1.93. The van der Waals surface area contributed by atoms with Gasteiger partial charge in [0.1, 0.15) is 11.9 Å². The molecule has 2 nitrogen and oxygen atoms in total.